The Kier molecular flexibility index (Phi) is 5.53. The normalized spacial score (nSPS) is 13.4. The van der Waals surface area contributed by atoms with Crippen LogP contribution in [0.4, 0.5) is 5.69 Å². The van der Waals surface area contributed by atoms with E-state index in [9.17, 15) is 9.59 Å². The molecule has 0 unspecified atom stereocenters. The van der Waals surface area contributed by atoms with Crippen molar-refractivity contribution < 1.29 is 14.3 Å². The molecule has 1 heterocycles. The van der Waals surface area contributed by atoms with E-state index in [4.69, 9.17) is 4.74 Å². The van der Waals surface area contributed by atoms with E-state index in [0.717, 1.165) is 12.8 Å². The van der Waals surface area contributed by atoms with Crippen molar-refractivity contribution >= 4 is 28.9 Å². The Bertz CT molecular complexity index is 738. The summed E-state index contributed by atoms with van der Waals surface area (Å²) in [6, 6.07) is 9.62. The summed E-state index contributed by atoms with van der Waals surface area (Å²) >= 11 is 1.50. The number of ether oxygens (including phenoxy) is 1. The van der Waals surface area contributed by atoms with E-state index in [1.807, 2.05) is 30.3 Å². The van der Waals surface area contributed by atoms with Crippen molar-refractivity contribution in [3.63, 3.8) is 0 Å². The maximum absolute atomic E-state index is 12.1. The first kappa shape index (κ1) is 17.7. The van der Waals surface area contributed by atoms with Crippen LogP contribution in [0.2, 0.25) is 0 Å². The van der Waals surface area contributed by atoms with E-state index in [1.165, 1.54) is 40.2 Å². The number of benzene rings is 1. The van der Waals surface area contributed by atoms with Gasteiger partial charge in [-0.1, -0.05) is 26.0 Å². The van der Waals surface area contributed by atoms with Crippen LogP contribution in [0.1, 0.15) is 58.3 Å². The number of hydrogen-bond acceptors (Lipinski definition) is 4. The second-order valence-corrected chi connectivity index (χ2v) is 7.80. The molecule has 0 bridgehead atoms. The molecular formula is C20H23NO3S. The third-order valence-corrected chi connectivity index (χ3v) is 5.61. The molecule has 0 aliphatic heterocycles. The molecule has 5 heteroatoms. The van der Waals surface area contributed by atoms with Crippen LogP contribution >= 0.6 is 11.3 Å². The summed E-state index contributed by atoms with van der Waals surface area (Å²) in [6.07, 6.45) is 4.43. The summed E-state index contributed by atoms with van der Waals surface area (Å²) in [5.74, 6) is -0.293. The van der Waals surface area contributed by atoms with Crippen LogP contribution in [0.5, 0.6) is 0 Å². The summed E-state index contributed by atoms with van der Waals surface area (Å²) in [6.45, 7) is 3.97. The first-order valence-electron chi connectivity index (χ1n) is 8.71. The maximum Gasteiger partial charge on any atom is 0.348 e. The highest BCUT2D eigenvalue weighted by Crippen LogP contribution is 2.30. The Hall–Kier alpha value is -2.14. The van der Waals surface area contributed by atoms with Gasteiger partial charge in [0.1, 0.15) is 4.88 Å². The number of thiophene rings is 1. The number of rotatable bonds is 5. The van der Waals surface area contributed by atoms with Crippen molar-refractivity contribution in [2.75, 3.05) is 11.9 Å². The first-order chi connectivity index (χ1) is 12.0. The van der Waals surface area contributed by atoms with Crippen LogP contribution in [0.25, 0.3) is 0 Å². The van der Waals surface area contributed by atoms with Gasteiger partial charge in [-0.2, -0.15) is 0 Å². The van der Waals surface area contributed by atoms with Crippen molar-refractivity contribution in [2.45, 2.75) is 45.4 Å². The smallest absolute Gasteiger partial charge is 0.348 e. The average Bonchev–Trinajstić information content (AvgIpc) is 3.04. The minimum Gasteiger partial charge on any atom is -0.451 e. The van der Waals surface area contributed by atoms with E-state index in [2.05, 4.69) is 19.2 Å². The number of anilines is 1. The highest BCUT2D eigenvalue weighted by Gasteiger charge is 2.19. The summed E-state index contributed by atoms with van der Waals surface area (Å²) < 4.78 is 5.16. The van der Waals surface area contributed by atoms with Crippen LogP contribution in [0.15, 0.2) is 30.3 Å². The zero-order chi connectivity index (χ0) is 17.8. The van der Waals surface area contributed by atoms with E-state index in [1.54, 1.807) is 0 Å². The molecule has 1 amide bonds. The van der Waals surface area contributed by atoms with Gasteiger partial charge >= 0.3 is 5.97 Å². The second kappa shape index (κ2) is 7.83. The van der Waals surface area contributed by atoms with E-state index < -0.39 is 5.97 Å². The number of amides is 1. The van der Waals surface area contributed by atoms with Gasteiger partial charge < -0.3 is 10.1 Å². The van der Waals surface area contributed by atoms with Crippen LogP contribution < -0.4 is 5.32 Å². The average molecular weight is 357 g/mol. The van der Waals surface area contributed by atoms with Gasteiger partial charge in [-0.05, 0) is 60.9 Å². The Morgan fingerprint density at radius 1 is 1.16 bits per heavy atom. The van der Waals surface area contributed by atoms with Crippen molar-refractivity contribution in [3.8, 4) is 0 Å². The van der Waals surface area contributed by atoms with Gasteiger partial charge in [-0.15, -0.1) is 11.3 Å². The molecule has 1 aliphatic carbocycles. The minimum atomic E-state index is -0.412. The van der Waals surface area contributed by atoms with Gasteiger partial charge in [0, 0.05) is 10.6 Å². The molecule has 4 nitrogen and oxygen atoms in total. The zero-order valence-electron chi connectivity index (χ0n) is 14.6. The zero-order valence-corrected chi connectivity index (χ0v) is 15.4. The van der Waals surface area contributed by atoms with E-state index >= 15 is 0 Å². The monoisotopic (exact) mass is 357 g/mol. The van der Waals surface area contributed by atoms with Gasteiger partial charge in [0.2, 0.25) is 0 Å². The van der Waals surface area contributed by atoms with Gasteiger partial charge in [0.05, 0.1) is 0 Å². The Balaban J connectivity index is 1.51. The Morgan fingerprint density at radius 3 is 2.56 bits per heavy atom. The van der Waals surface area contributed by atoms with Crippen LogP contribution in [-0.4, -0.2) is 18.5 Å². The van der Waals surface area contributed by atoms with Crippen molar-refractivity contribution in [1.29, 1.82) is 0 Å². The molecule has 3 rings (SSSR count). The lowest BCUT2D eigenvalue weighted by molar-refractivity contribution is -0.119. The molecule has 0 saturated heterocycles. The SMILES string of the molecule is CC(C)c1ccc(NC(=O)COC(=O)c2cc3c(s2)CCCC3)cc1. The predicted octanol–water partition coefficient (Wildman–Crippen LogP) is 4.55. The molecule has 2 aromatic rings. The molecule has 0 radical (unpaired) electrons. The number of carbonyl (C=O) groups is 2. The van der Waals surface area contributed by atoms with Gasteiger partial charge in [-0.25, -0.2) is 4.79 Å². The number of hydrogen-bond donors (Lipinski definition) is 1. The number of fused-ring (bicyclic) bond motifs is 1. The molecule has 0 saturated carbocycles. The molecule has 132 valence electrons. The molecule has 0 fully saturated rings. The number of carbonyl (C=O) groups excluding carboxylic acids is 2. The fourth-order valence-corrected chi connectivity index (χ4v) is 4.09. The summed E-state index contributed by atoms with van der Waals surface area (Å²) in [7, 11) is 0. The number of nitrogens with one attached hydrogen (secondary N) is 1. The Morgan fingerprint density at radius 2 is 1.88 bits per heavy atom. The van der Waals surface area contributed by atoms with Crippen molar-refractivity contribution in [3.05, 3.63) is 51.2 Å². The summed E-state index contributed by atoms with van der Waals surface area (Å²) in [4.78, 5) is 26.0. The number of esters is 1. The number of aryl methyl sites for hydroxylation is 2. The molecule has 0 atom stereocenters. The molecule has 1 aliphatic rings. The quantitative estimate of drug-likeness (QED) is 0.799. The first-order valence-corrected chi connectivity index (χ1v) is 9.53. The molecule has 1 aromatic carbocycles. The van der Waals surface area contributed by atoms with Crippen molar-refractivity contribution in [1.82, 2.24) is 0 Å². The van der Waals surface area contributed by atoms with Gasteiger partial charge in [-0.3, -0.25) is 4.79 Å². The Labute approximate surface area is 152 Å². The van der Waals surface area contributed by atoms with Crippen LogP contribution in [-0.2, 0) is 22.4 Å². The molecule has 1 N–H and O–H groups in total. The third kappa shape index (κ3) is 4.48. The van der Waals surface area contributed by atoms with E-state index in [-0.39, 0.29) is 12.5 Å². The fourth-order valence-electron chi connectivity index (χ4n) is 2.94. The standard InChI is InChI=1S/C20H23NO3S/c1-13(2)14-7-9-16(10-8-14)21-19(22)12-24-20(23)18-11-15-5-3-4-6-17(15)25-18/h7-11,13H,3-6,12H2,1-2H3,(H,21,22). The lowest BCUT2D eigenvalue weighted by Crippen LogP contribution is -2.20. The van der Waals surface area contributed by atoms with Gasteiger partial charge in [0.15, 0.2) is 6.61 Å². The molecule has 1 aromatic heterocycles. The minimum absolute atomic E-state index is 0.271. The maximum atomic E-state index is 12.1. The topological polar surface area (TPSA) is 55.4 Å². The second-order valence-electron chi connectivity index (χ2n) is 6.67. The predicted molar refractivity (Wildman–Crippen MR) is 100 cm³/mol. The fraction of sp³-hybridized carbons (Fsp3) is 0.400. The molecular weight excluding hydrogens is 334 g/mol. The molecule has 25 heavy (non-hydrogen) atoms. The van der Waals surface area contributed by atoms with Crippen LogP contribution in [0.3, 0.4) is 0 Å². The third-order valence-electron chi connectivity index (χ3n) is 4.39. The lowest BCUT2D eigenvalue weighted by Gasteiger charge is -2.08. The largest absolute Gasteiger partial charge is 0.451 e. The van der Waals surface area contributed by atoms with Crippen LogP contribution in [0, 0.1) is 0 Å². The highest BCUT2D eigenvalue weighted by atomic mass is 32.1. The highest BCUT2D eigenvalue weighted by molar-refractivity contribution is 7.14. The van der Waals surface area contributed by atoms with Gasteiger partial charge in [0.25, 0.3) is 5.91 Å². The van der Waals surface area contributed by atoms with Crippen molar-refractivity contribution in [2.24, 2.45) is 0 Å². The summed E-state index contributed by atoms with van der Waals surface area (Å²) in [5, 5.41) is 2.75. The summed E-state index contributed by atoms with van der Waals surface area (Å²) in [5.41, 5.74) is 3.18. The lowest BCUT2D eigenvalue weighted by atomic mass is 9.99. The molecule has 0 spiro atoms. The van der Waals surface area contributed by atoms with E-state index in [0.29, 0.717) is 16.5 Å².